The molecular weight excluding hydrogens is 268 g/mol. The average Bonchev–Trinajstić information content (AvgIpc) is 2.42. The maximum absolute atomic E-state index is 10.5. The first-order chi connectivity index (χ1) is 8.73. The van der Waals surface area contributed by atoms with Crippen LogP contribution in [-0.4, -0.2) is 20.4 Å². The van der Waals surface area contributed by atoms with Gasteiger partial charge < -0.3 is 10.6 Å². The molecule has 1 amide bonds. The van der Waals surface area contributed by atoms with Crippen LogP contribution in [0.5, 0.6) is 0 Å². The van der Waals surface area contributed by atoms with E-state index in [9.17, 15) is 9.00 Å². The minimum absolute atomic E-state index is 0.319. The van der Waals surface area contributed by atoms with Crippen molar-refractivity contribution in [1.82, 2.24) is 10.6 Å². The van der Waals surface area contributed by atoms with Crippen molar-refractivity contribution >= 4 is 17.3 Å². The van der Waals surface area contributed by atoms with Crippen LogP contribution < -0.4 is 10.6 Å². The molecule has 0 spiro atoms. The molecule has 1 aliphatic heterocycles. The van der Waals surface area contributed by atoms with Crippen LogP contribution in [-0.2, 0) is 20.3 Å². The van der Waals surface area contributed by atoms with E-state index >= 15 is 0 Å². The minimum atomic E-state index is -2.37. The van der Waals surface area contributed by atoms with E-state index < -0.39 is 17.1 Å². The van der Waals surface area contributed by atoms with Crippen molar-refractivity contribution < 1.29 is 17.7 Å². The van der Waals surface area contributed by atoms with Gasteiger partial charge in [-0.05, 0) is 32.9 Å². The molecule has 0 radical (unpaired) electrons. The van der Waals surface area contributed by atoms with E-state index in [1.54, 1.807) is 0 Å². The Hall–Kier alpha value is -1.44. The number of carbonyl (C=O) groups excluding carboxylic acids is 1. The van der Waals surface area contributed by atoms with Gasteiger partial charge in [-0.1, -0.05) is 12.2 Å². The third kappa shape index (κ3) is 11.4. The van der Waals surface area contributed by atoms with Gasteiger partial charge >= 0.3 is 11.4 Å². The maximum atomic E-state index is 10.5. The Labute approximate surface area is 116 Å². The van der Waals surface area contributed by atoms with Gasteiger partial charge in [0.25, 0.3) is 0 Å². The van der Waals surface area contributed by atoms with Crippen molar-refractivity contribution in [2.45, 2.75) is 33.4 Å². The monoisotopic (exact) mass is 288 g/mol. The molecule has 1 unspecified atom stereocenters. The van der Waals surface area contributed by atoms with E-state index in [1.807, 2.05) is 37.4 Å². The largest absolute Gasteiger partial charge is 0.365 e. The van der Waals surface area contributed by atoms with Gasteiger partial charge in [0.1, 0.15) is 0 Å². The molecule has 0 aromatic rings. The van der Waals surface area contributed by atoms with Crippen molar-refractivity contribution in [2.24, 2.45) is 0 Å². The summed E-state index contributed by atoms with van der Waals surface area (Å²) in [4.78, 5) is 10.5. The molecule has 1 atom stereocenters. The summed E-state index contributed by atoms with van der Waals surface area (Å²) in [6.07, 6.45) is 9.90. The summed E-state index contributed by atoms with van der Waals surface area (Å²) in [5, 5.41) is 5.40. The van der Waals surface area contributed by atoms with Crippen LogP contribution >= 0.6 is 0 Å². The Kier molecular flexibility index (Phi) is 7.97. The second-order valence-corrected chi connectivity index (χ2v) is 4.83. The standard InChI is InChI=1S/C7H9N.C5H11NO4S/c1-7-5-3-2-4-6-8-7;1-4(7)6-5(2,3)10-11(8)9/h2-6,8H,1H3;1-3H3,(H,6,7)(H,8,9). The van der Waals surface area contributed by atoms with Gasteiger partial charge in [0.15, 0.2) is 5.72 Å². The fourth-order valence-electron chi connectivity index (χ4n) is 1.17. The van der Waals surface area contributed by atoms with Crippen LogP contribution in [0, 0.1) is 0 Å². The summed E-state index contributed by atoms with van der Waals surface area (Å²) in [7, 11) is 0. The molecule has 3 N–H and O–H groups in total. The van der Waals surface area contributed by atoms with Crippen molar-refractivity contribution in [1.29, 1.82) is 0 Å². The highest BCUT2D eigenvalue weighted by atomic mass is 32.2. The number of nitrogens with one attached hydrogen (secondary N) is 2. The van der Waals surface area contributed by atoms with E-state index in [2.05, 4.69) is 14.8 Å². The van der Waals surface area contributed by atoms with Gasteiger partial charge in [-0.15, -0.1) is 0 Å². The average molecular weight is 288 g/mol. The lowest BCUT2D eigenvalue weighted by Gasteiger charge is -2.22. The molecule has 0 saturated heterocycles. The van der Waals surface area contributed by atoms with Crippen molar-refractivity contribution in [2.75, 3.05) is 0 Å². The molecule has 0 saturated carbocycles. The zero-order valence-electron chi connectivity index (χ0n) is 11.5. The first kappa shape index (κ1) is 17.6. The second kappa shape index (κ2) is 8.63. The normalized spacial score (nSPS) is 15.3. The molecule has 1 rings (SSSR count). The molecule has 7 heteroatoms. The van der Waals surface area contributed by atoms with Gasteiger partial charge in [-0.3, -0.25) is 9.35 Å². The lowest BCUT2D eigenvalue weighted by Crippen LogP contribution is -2.44. The molecule has 1 heterocycles. The first-order valence-electron chi connectivity index (χ1n) is 5.58. The van der Waals surface area contributed by atoms with E-state index in [1.165, 1.54) is 26.5 Å². The molecule has 6 nitrogen and oxygen atoms in total. The molecule has 108 valence electrons. The van der Waals surface area contributed by atoms with Gasteiger partial charge in [0.05, 0.1) is 0 Å². The summed E-state index contributed by atoms with van der Waals surface area (Å²) in [5.74, 6) is -0.319. The van der Waals surface area contributed by atoms with Gasteiger partial charge in [0.2, 0.25) is 5.91 Å². The van der Waals surface area contributed by atoms with Crippen LogP contribution in [0.4, 0.5) is 0 Å². The highest BCUT2D eigenvalue weighted by molar-refractivity contribution is 7.74. The molecule has 0 aromatic heterocycles. The quantitative estimate of drug-likeness (QED) is 0.542. The number of amides is 1. The Morgan fingerprint density at radius 1 is 1.42 bits per heavy atom. The number of hydrogen-bond acceptors (Lipinski definition) is 4. The second-order valence-electron chi connectivity index (χ2n) is 4.23. The predicted molar refractivity (Wildman–Crippen MR) is 74.9 cm³/mol. The zero-order chi connectivity index (χ0) is 14.9. The predicted octanol–water partition coefficient (Wildman–Crippen LogP) is 1.58. The SMILES string of the molecule is CC(=O)NC(C)(C)OS(=O)O.CC1=CC=CC=CN1. The number of hydrogen-bond donors (Lipinski definition) is 3. The summed E-state index contributed by atoms with van der Waals surface area (Å²) in [6.45, 7) is 6.27. The topological polar surface area (TPSA) is 87.7 Å². The van der Waals surface area contributed by atoms with Crippen LogP contribution in [0.2, 0.25) is 0 Å². The van der Waals surface area contributed by atoms with E-state index in [4.69, 9.17) is 4.55 Å². The highest BCUT2D eigenvalue weighted by Gasteiger charge is 2.21. The third-order valence-corrected chi connectivity index (χ3v) is 2.29. The molecule has 0 aromatic carbocycles. The molecule has 19 heavy (non-hydrogen) atoms. The Balaban J connectivity index is 0.000000356. The summed E-state index contributed by atoms with van der Waals surface area (Å²) < 4.78 is 22.9. The maximum Gasteiger partial charge on any atom is 0.304 e. The third-order valence-electron chi connectivity index (χ3n) is 1.73. The lowest BCUT2D eigenvalue weighted by molar-refractivity contribution is -0.123. The summed E-state index contributed by atoms with van der Waals surface area (Å²) >= 11 is -2.37. The molecule has 0 bridgehead atoms. The van der Waals surface area contributed by atoms with E-state index in [0.29, 0.717) is 0 Å². The van der Waals surface area contributed by atoms with E-state index in [0.717, 1.165) is 0 Å². The van der Waals surface area contributed by atoms with Gasteiger partial charge in [-0.25, -0.2) is 4.18 Å². The fraction of sp³-hybridized carbons (Fsp3) is 0.417. The highest BCUT2D eigenvalue weighted by Crippen LogP contribution is 2.05. The molecule has 0 fully saturated rings. The Morgan fingerprint density at radius 2 is 2.05 bits per heavy atom. The van der Waals surface area contributed by atoms with Gasteiger partial charge in [-0.2, -0.15) is 4.21 Å². The molecule has 1 aliphatic rings. The summed E-state index contributed by atoms with van der Waals surface area (Å²) in [6, 6.07) is 0. The van der Waals surface area contributed by atoms with Crippen molar-refractivity contribution in [3.8, 4) is 0 Å². The number of allylic oxidation sites excluding steroid dienone is 5. The van der Waals surface area contributed by atoms with Gasteiger partial charge in [0, 0.05) is 18.8 Å². The van der Waals surface area contributed by atoms with Crippen LogP contribution in [0.25, 0.3) is 0 Å². The first-order valence-corrected chi connectivity index (χ1v) is 6.62. The Bertz CT molecular complexity index is 396. The lowest BCUT2D eigenvalue weighted by atomic mass is 10.3. The number of carbonyl (C=O) groups is 1. The smallest absolute Gasteiger partial charge is 0.304 e. The molecule has 0 aliphatic carbocycles. The van der Waals surface area contributed by atoms with Crippen LogP contribution in [0.1, 0.15) is 27.7 Å². The van der Waals surface area contributed by atoms with Crippen molar-refractivity contribution in [3.05, 3.63) is 36.2 Å². The number of rotatable bonds is 3. The Morgan fingerprint density at radius 3 is 2.58 bits per heavy atom. The van der Waals surface area contributed by atoms with Crippen LogP contribution in [0.3, 0.4) is 0 Å². The van der Waals surface area contributed by atoms with E-state index in [-0.39, 0.29) is 5.91 Å². The van der Waals surface area contributed by atoms with Crippen LogP contribution in [0.15, 0.2) is 36.2 Å². The molecular formula is C12H20N2O4S. The minimum Gasteiger partial charge on any atom is -0.365 e. The summed E-state index contributed by atoms with van der Waals surface area (Å²) in [5.41, 5.74) is 0.0702. The zero-order valence-corrected chi connectivity index (χ0v) is 12.3. The van der Waals surface area contributed by atoms with Crippen molar-refractivity contribution in [3.63, 3.8) is 0 Å². The fourth-order valence-corrected chi connectivity index (χ4v) is 1.57.